The number of carbonyl (C=O) groups is 2. The SMILES string of the molecule is Bc1ccc(NC(=O)N2CC(OC)(OC)C[C@@H]2C(=O)Nc2ccc3c(c2)CCN(C)C3)cc1. The van der Waals surface area contributed by atoms with E-state index in [1.807, 2.05) is 44.2 Å². The van der Waals surface area contributed by atoms with E-state index in [9.17, 15) is 9.59 Å². The fraction of sp³-hybridized carbons (Fsp3) is 0.417. The molecule has 3 amide bonds. The Balaban J connectivity index is 1.52. The zero-order chi connectivity index (χ0) is 23.6. The fourth-order valence-electron chi connectivity index (χ4n) is 4.50. The van der Waals surface area contributed by atoms with Crippen LogP contribution in [0.15, 0.2) is 42.5 Å². The lowest BCUT2D eigenvalue weighted by atomic mass is 9.96. The Morgan fingerprint density at radius 2 is 1.73 bits per heavy atom. The highest BCUT2D eigenvalue weighted by atomic mass is 16.7. The molecule has 0 unspecified atom stereocenters. The lowest BCUT2D eigenvalue weighted by Gasteiger charge is -2.26. The maximum absolute atomic E-state index is 13.3. The average Bonchev–Trinajstić information content (AvgIpc) is 3.22. The van der Waals surface area contributed by atoms with Crippen molar-refractivity contribution in [2.45, 2.75) is 31.2 Å². The summed E-state index contributed by atoms with van der Waals surface area (Å²) in [6.45, 7) is 2.04. The standard InChI is InChI=1S/C24H31BN4O4/c1-28-11-10-16-12-20(7-4-17(16)14-28)26-22(30)21-13-24(32-2,33-3)15-29(21)23(31)27-19-8-5-18(25)6-9-19/h4-9,12,21H,10-11,13-15,25H2,1-3H3,(H,26,30)(H,27,31)/t21-/m1/s1. The number of carbonyl (C=O) groups excluding carboxylic acids is 2. The lowest BCUT2D eigenvalue weighted by molar-refractivity contribution is -0.194. The Hall–Kier alpha value is -2.88. The quantitative estimate of drug-likeness (QED) is 0.528. The molecule has 2 heterocycles. The molecule has 0 radical (unpaired) electrons. The van der Waals surface area contributed by atoms with Crippen LogP contribution in [0.5, 0.6) is 0 Å². The van der Waals surface area contributed by atoms with Crippen molar-refractivity contribution >= 4 is 36.6 Å². The van der Waals surface area contributed by atoms with Gasteiger partial charge < -0.3 is 29.9 Å². The normalized spacial score (nSPS) is 19.7. The van der Waals surface area contributed by atoms with Gasteiger partial charge in [-0.15, -0.1) is 0 Å². The summed E-state index contributed by atoms with van der Waals surface area (Å²) in [4.78, 5) is 30.2. The van der Waals surface area contributed by atoms with Crippen molar-refractivity contribution in [2.24, 2.45) is 0 Å². The number of methoxy groups -OCH3 is 2. The number of amides is 3. The molecule has 2 aliphatic heterocycles. The minimum Gasteiger partial charge on any atom is -0.351 e. The molecule has 4 rings (SSSR count). The third-order valence-electron chi connectivity index (χ3n) is 6.58. The zero-order valence-electron chi connectivity index (χ0n) is 19.7. The molecule has 2 aromatic carbocycles. The van der Waals surface area contributed by atoms with Crippen LogP contribution in [0.25, 0.3) is 0 Å². The number of nitrogens with one attached hydrogen (secondary N) is 2. The molecule has 174 valence electrons. The van der Waals surface area contributed by atoms with Crippen molar-refractivity contribution in [1.29, 1.82) is 0 Å². The van der Waals surface area contributed by atoms with E-state index in [1.54, 1.807) is 0 Å². The van der Waals surface area contributed by atoms with Gasteiger partial charge in [0.15, 0.2) is 5.79 Å². The Labute approximate surface area is 195 Å². The van der Waals surface area contributed by atoms with E-state index in [0.29, 0.717) is 5.69 Å². The number of hydrogen-bond acceptors (Lipinski definition) is 5. The van der Waals surface area contributed by atoms with Crippen LogP contribution in [0.3, 0.4) is 0 Å². The number of rotatable bonds is 5. The van der Waals surface area contributed by atoms with E-state index in [1.165, 1.54) is 30.2 Å². The van der Waals surface area contributed by atoms with Gasteiger partial charge in [-0.2, -0.15) is 0 Å². The molecule has 9 heteroatoms. The molecule has 0 bridgehead atoms. The number of nitrogens with zero attached hydrogens (tertiary/aromatic N) is 2. The van der Waals surface area contributed by atoms with Crippen molar-refractivity contribution in [3.05, 3.63) is 53.6 Å². The highest BCUT2D eigenvalue weighted by Crippen LogP contribution is 2.32. The number of likely N-dealkylation sites (N-methyl/N-ethyl adjacent to an activating group) is 1. The first kappa shape index (κ1) is 23.3. The van der Waals surface area contributed by atoms with Gasteiger partial charge in [0.2, 0.25) is 5.91 Å². The molecule has 33 heavy (non-hydrogen) atoms. The first-order chi connectivity index (χ1) is 15.8. The van der Waals surface area contributed by atoms with Crippen molar-refractivity contribution in [2.75, 3.05) is 45.0 Å². The Bertz CT molecular complexity index is 1030. The Kier molecular flexibility index (Phi) is 6.74. The number of hydrogen-bond donors (Lipinski definition) is 2. The third kappa shape index (κ3) is 5.05. The first-order valence-electron chi connectivity index (χ1n) is 11.2. The molecule has 0 aliphatic carbocycles. The second kappa shape index (κ2) is 9.55. The summed E-state index contributed by atoms with van der Waals surface area (Å²) in [5.41, 5.74) is 5.01. The van der Waals surface area contributed by atoms with Gasteiger partial charge in [-0.25, -0.2) is 4.79 Å². The molecule has 1 saturated heterocycles. The van der Waals surface area contributed by atoms with Crippen LogP contribution < -0.4 is 16.1 Å². The molecule has 2 aromatic rings. The maximum atomic E-state index is 13.3. The van der Waals surface area contributed by atoms with E-state index in [-0.39, 0.29) is 24.9 Å². The summed E-state index contributed by atoms with van der Waals surface area (Å²) in [7, 11) is 7.14. The van der Waals surface area contributed by atoms with Gasteiger partial charge in [-0.3, -0.25) is 4.79 Å². The topological polar surface area (TPSA) is 83.1 Å². The third-order valence-corrected chi connectivity index (χ3v) is 6.58. The number of ether oxygens (including phenoxy) is 2. The summed E-state index contributed by atoms with van der Waals surface area (Å²) >= 11 is 0. The molecular formula is C24H31BN4O4. The molecule has 0 aromatic heterocycles. The van der Waals surface area contributed by atoms with E-state index in [2.05, 4.69) is 28.6 Å². The van der Waals surface area contributed by atoms with E-state index in [4.69, 9.17) is 9.47 Å². The molecule has 2 aliphatic rings. The first-order valence-corrected chi connectivity index (χ1v) is 11.2. The van der Waals surface area contributed by atoms with Crippen LogP contribution >= 0.6 is 0 Å². The van der Waals surface area contributed by atoms with Crippen LogP contribution in [0.2, 0.25) is 0 Å². The zero-order valence-corrected chi connectivity index (χ0v) is 19.7. The highest BCUT2D eigenvalue weighted by molar-refractivity contribution is 6.32. The second-order valence-electron chi connectivity index (χ2n) is 8.92. The van der Waals surface area contributed by atoms with Gasteiger partial charge in [0.25, 0.3) is 0 Å². The molecule has 2 N–H and O–H groups in total. The van der Waals surface area contributed by atoms with E-state index < -0.39 is 11.8 Å². The molecule has 1 atom stereocenters. The predicted octanol–water partition coefficient (Wildman–Crippen LogP) is 1.17. The Morgan fingerprint density at radius 3 is 2.42 bits per heavy atom. The molecular weight excluding hydrogens is 419 g/mol. The average molecular weight is 450 g/mol. The summed E-state index contributed by atoms with van der Waals surface area (Å²) in [6, 6.07) is 12.4. The summed E-state index contributed by atoms with van der Waals surface area (Å²) in [5.74, 6) is -1.30. The van der Waals surface area contributed by atoms with Crippen molar-refractivity contribution < 1.29 is 19.1 Å². The number of anilines is 2. The van der Waals surface area contributed by atoms with E-state index >= 15 is 0 Å². The van der Waals surface area contributed by atoms with Crippen LogP contribution in [0.4, 0.5) is 16.2 Å². The highest BCUT2D eigenvalue weighted by Gasteiger charge is 2.50. The van der Waals surface area contributed by atoms with Crippen LogP contribution in [0, 0.1) is 0 Å². The number of fused-ring (bicyclic) bond motifs is 1. The second-order valence-corrected chi connectivity index (χ2v) is 8.92. The van der Waals surface area contributed by atoms with E-state index in [0.717, 1.165) is 30.7 Å². The smallest absolute Gasteiger partial charge is 0.322 e. The van der Waals surface area contributed by atoms with Gasteiger partial charge in [0.05, 0.1) is 6.54 Å². The molecule has 0 saturated carbocycles. The largest absolute Gasteiger partial charge is 0.351 e. The predicted molar refractivity (Wildman–Crippen MR) is 131 cm³/mol. The van der Waals surface area contributed by atoms with Crippen LogP contribution in [0.1, 0.15) is 17.5 Å². The lowest BCUT2D eigenvalue weighted by Crippen LogP contribution is -2.45. The molecule has 1 fully saturated rings. The minimum absolute atomic E-state index is 0.145. The maximum Gasteiger partial charge on any atom is 0.322 e. The molecule has 0 spiro atoms. The van der Waals surface area contributed by atoms with Crippen LogP contribution in [-0.2, 0) is 27.2 Å². The van der Waals surface area contributed by atoms with Crippen LogP contribution in [-0.4, -0.2) is 75.8 Å². The number of likely N-dealkylation sites (tertiary alicyclic amines) is 1. The van der Waals surface area contributed by atoms with Crippen molar-refractivity contribution in [3.63, 3.8) is 0 Å². The van der Waals surface area contributed by atoms with Gasteiger partial charge in [-0.05, 0) is 48.9 Å². The monoisotopic (exact) mass is 450 g/mol. The summed E-state index contributed by atoms with van der Waals surface area (Å²) in [6.07, 6.45) is 1.18. The summed E-state index contributed by atoms with van der Waals surface area (Å²) < 4.78 is 11.2. The minimum atomic E-state index is -1.03. The molecule has 8 nitrogen and oxygen atoms in total. The van der Waals surface area contributed by atoms with Gasteiger partial charge in [0, 0.05) is 45.1 Å². The Morgan fingerprint density at radius 1 is 1.03 bits per heavy atom. The number of benzene rings is 2. The summed E-state index contributed by atoms with van der Waals surface area (Å²) in [5, 5.41) is 5.88. The van der Waals surface area contributed by atoms with Gasteiger partial charge in [-0.1, -0.05) is 23.7 Å². The number of urea groups is 1. The van der Waals surface area contributed by atoms with Crippen molar-refractivity contribution in [3.8, 4) is 0 Å². The van der Waals surface area contributed by atoms with Gasteiger partial charge in [0.1, 0.15) is 13.9 Å². The van der Waals surface area contributed by atoms with Gasteiger partial charge >= 0.3 is 6.03 Å². The van der Waals surface area contributed by atoms with Crippen molar-refractivity contribution in [1.82, 2.24) is 9.80 Å². The fourth-order valence-corrected chi connectivity index (χ4v) is 4.50.